The number of ketones is 1. The van der Waals surface area contributed by atoms with Gasteiger partial charge >= 0.3 is 0 Å². The van der Waals surface area contributed by atoms with Gasteiger partial charge in [-0.1, -0.05) is 19.1 Å². The van der Waals surface area contributed by atoms with Gasteiger partial charge in [-0.2, -0.15) is 0 Å². The molecule has 4 aliphatic rings. The highest BCUT2D eigenvalue weighted by Crippen LogP contribution is 2.66. The fourth-order valence-corrected chi connectivity index (χ4v) is 7.53. The lowest BCUT2D eigenvalue weighted by Crippen LogP contribution is -2.52. The molecule has 0 spiro atoms. The number of hydrogen-bond acceptors (Lipinski definition) is 2. The van der Waals surface area contributed by atoms with Crippen molar-refractivity contribution in [3.63, 3.8) is 0 Å². The molecule has 1 N–H and O–H groups in total. The summed E-state index contributed by atoms with van der Waals surface area (Å²) in [7, 11) is 0. The quantitative estimate of drug-likeness (QED) is 0.612. The van der Waals surface area contributed by atoms with E-state index in [0.29, 0.717) is 17.6 Å². The van der Waals surface area contributed by atoms with Crippen LogP contribution in [0.2, 0.25) is 0 Å². The van der Waals surface area contributed by atoms with E-state index in [2.05, 4.69) is 36.1 Å². The molecular formula is C20H27IO2. The van der Waals surface area contributed by atoms with Crippen LogP contribution in [0.1, 0.15) is 58.3 Å². The van der Waals surface area contributed by atoms with Gasteiger partial charge in [0.25, 0.3) is 0 Å². The van der Waals surface area contributed by atoms with Gasteiger partial charge in [0.05, 0.1) is 0 Å². The normalized spacial score (nSPS) is 49.0. The zero-order chi connectivity index (χ0) is 16.4. The number of carbonyl (C=O) groups is 1. The first kappa shape index (κ1) is 16.3. The summed E-state index contributed by atoms with van der Waals surface area (Å²) in [5.41, 5.74) is 0.762. The molecule has 0 amide bonds. The maximum Gasteiger partial charge on any atom is 0.155 e. The summed E-state index contributed by atoms with van der Waals surface area (Å²) in [6, 6.07) is 0. The Balaban J connectivity index is 1.65. The summed E-state index contributed by atoms with van der Waals surface area (Å²) < 4.78 is 0.929. The molecule has 0 saturated heterocycles. The van der Waals surface area contributed by atoms with Gasteiger partial charge in [-0.3, -0.25) is 4.79 Å². The van der Waals surface area contributed by atoms with E-state index in [1.807, 2.05) is 6.08 Å². The third-order valence-corrected chi connectivity index (χ3v) is 8.79. The summed E-state index contributed by atoms with van der Waals surface area (Å²) in [5.74, 6) is 3.08. The number of hydrogen-bond donors (Lipinski definition) is 1. The van der Waals surface area contributed by atoms with Gasteiger partial charge < -0.3 is 5.11 Å². The summed E-state index contributed by atoms with van der Waals surface area (Å²) in [6.45, 7) is 6.43. The maximum absolute atomic E-state index is 11.8. The smallest absolute Gasteiger partial charge is 0.155 e. The third-order valence-electron chi connectivity index (χ3n) is 7.90. The number of fused-ring (bicyclic) bond motifs is 5. The molecule has 2 nitrogen and oxygen atoms in total. The first-order valence-electron chi connectivity index (χ1n) is 9.17. The van der Waals surface area contributed by atoms with Crippen LogP contribution in [-0.2, 0) is 4.79 Å². The second-order valence-corrected chi connectivity index (χ2v) is 9.87. The highest BCUT2D eigenvalue weighted by Gasteiger charge is 2.62. The standard InChI is InChI=1S/C20H27IO2/c1-12(21)20(23)10-8-18-17-5-3-13-11-14(22)4-6-15(13)16(17)7-9-19(18,20)2/h11,15-18,23H,1,3-10H2,2H3. The zero-order valence-corrected chi connectivity index (χ0v) is 16.1. The average Bonchev–Trinajstić information content (AvgIpc) is 2.80. The maximum atomic E-state index is 11.8. The average molecular weight is 426 g/mol. The minimum absolute atomic E-state index is 0.00184. The van der Waals surface area contributed by atoms with Crippen LogP contribution in [0.25, 0.3) is 0 Å². The summed E-state index contributed by atoms with van der Waals surface area (Å²) >= 11 is 2.25. The van der Waals surface area contributed by atoms with Crippen LogP contribution < -0.4 is 0 Å². The molecule has 0 radical (unpaired) electrons. The molecule has 0 aromatic rings. The van der Waals surface area contributed by atoms with Crippen molar-refractivity contribution in [3.8, 4) is 0 Å². The number of rotatable bonds is 1. The van der Waals surface area contributed by atoms with E-state index < -0.39 is 5.60 Å². The van der Waals surface area contributed by atoms with Crippen molar-refractivity contribution in [2.45, 2.75) is 63.9 Å². The van der Waals surface area contributed by atoms with E-state index >= 15 is 0 Å². The van der Waals surface area contributed by atoms with Gasteiger partial charge in [-0.25, -0.2) is 0 Å². The van der Waals surface area contributed by atoms with Crippen LogP contribution in [0.5, 0.6) is 0 Å². The van der Waals surface area contributed by atoms with Crippen LogP contribution in [-0.4, -0.2) is 16.5 Å². The molecule has 6 unspecified atom stereocenters. The third kappa shape index (κ3) is 2.18. The van der Waals surface area contributed by atoms with E-state index in [0.717, 1.165) is 53.9 Å². The molecule has 3 saturated carbocycles. The van der Waals surface area contributed by atoms with Gasteiger partial charge in [0, 0.05) is 15.4 Å². The summed E-state index contributed by atoms with van der Waals surface area (Å²) in [4.78, 5) is 11.8. The van der Waals surface area contributed by atoms with Gasteiger partial charge in [-0.05, 0) is 97.3 Å². The first-order chi connectivity index (χ1) is 10.9. The fraction of sp³-hybridized carbons (Fsp3) is 0.750. The molecule has 0 aliphatic heterocycles. The van der Waals surface area contributed by atoms with Crippen molar-refractivity contribution in [2.24, 2.45) is 29.1 Å². The van der Waals surface area contributed by atoms with Gasteiger partial charge in [0.15, 0.2) is 5.78 Å². The second kappa shape index (κ2) is 5.42. The molecule has 23 heavy (non-hydrogen) atoms. The predicted octanol–water partition coefficient (Wildman–Crippen LogP) is 4.81. The van der Waals surface area contributed by atoms with Crippen LogP contribution in [0.15, 0.2) is 21.8 Å². The zero-order valence-electron chi connectivity index (χ0n) is 14.0. The van der Waals surface area contributed by atoms with E-state index in [1.165, 1.54) is 18.4 Å². The Morgan fingerprint density at radius 3 is 2.74 bits per heavy atom. The molecule has 126 valence electrons. The van der Waals surface area contributed by atoms with Crippen molar-refractivity contribution in [1.29, 1.82) is 0 Å². The van der Waals surface area contributed by atoms with Crippen LogP contribution in [0, 0.1) is 29.1 Å². The lowest BCUT2D eigenvalue weighted by atomic mass is 9.50. The topological polar surface area (TPSA) is 37.3 Å². The van der Waals surface area contributed by atoms with Gasteiger partial charge in [-0.15, -0.1) is 0 Å². The number of carbonyl (C=O) groups excluding carboxylic acids is 1. The fourth-order valence-electron chi connectivity index (χ4n) is 6.64. The van der Waals surface area contributed by atoms with E-state index in [9.17, 15) is 9.90 Å². The molecule has 0 aromatic carbocycles. The molecule has 4 aliphatic carbocycles. The molecule has 3 heteroatoms. The highest BCUT2D eigenvalue weighted by atomic mass is 127. The Kier molecular flexibility index (Phi) is 3.84. The SMILES string of the molecule is C=C(I)C1(O)CCC2C3CCC4=CC(=O)CCC4C3CCC21C. The van der Waals surface area contributed by atoms with Crippen molar-refractivity contribution < 1.29 is 9.90 Å². The van der Waals surface area contributed by atoms with Crippen LogP contribution in [0.4, 0.5) is 0 Å². The van der Waals surface area contributed by atoms with Crippen molar-refractivity contribution in [3.05, 3.63) is 21.8 Å². The van der Waals surface area contributed by atoms with Crippen molar-refractivity contribution in [1.82, 2.24) is 0 Å². The Morgan fingerprint density at radius 2 is 2.00 bits per heavy atom. The molecule has 0 bridgehead atoms. The Hall–Kier alpha value is -0.160. The molecule has 0 aromatic heterocycles. The largest absolute Gasteiger partial charge is 0.384 e. The molecule has 6 atom stereocenters. The lowest BCUT2D eigenvalue weighted by molar-refractivity contribution is -0.116. The van der Waals surface area contributed by atoms with E-state index in [-0.39, 0.29) is 5.41 Å². The number of allylic oxidation sites excluding steroid dienone is 1. The minimum Gasteiger partial charge on any atom is -0.384 e. The van der Waals surface area contributed by atoms with E-state index in [4.69, 9.17) is 0 Å². The number of halogens is 1. The van der Waals surface area contributed by atoms with E-state index in [1.54, 1.807) is 0 Å². The summed E-state index contributed by atoms with van der Waals surface area (Å²) in [6.07, 6.45) is 10.4. The number of aliphatic hydroxyl groups is 1. The Labute approximate surface area is 152 Å². The lowest BCUT2D eigenvalue weighted by Gasteiger charge is -2.55. The first-order valence-corrected chi connectivity index (χ1v) is 10.3. The minimum atomic E-state index is -0.679. The molecular weight excluding hydrogens is 399 g/mol. The Morgan fingerprint density at radius 1 is 1.22 bits per heavy atom. The molecule has 0 heterocycles. The monoisotopic (exact) mass is 426 g/mol. The molecule has 3 fully saturated rings. The molecule has 4 rings (SSSR count). The summed E-state index contributed by atoms with van der Waals surface area (Å²) in [5, 5.41) is 11.3. The predicted molar refractivity (Wildman–Crippen MR) is 100 cm³/mol. The second-order valence-electron chi connectivity index (χ2n) is 8.56. The van der Waals surface area contributed by atoms with Crippen LogP contribution >= 0.6 is 22.6 Å². The van der Waals surface area contributed by atoms with Crippen molar-refractivity contribution >= 4 is 28.4 Å². The highest BCUT2D eigenvalue weighted by molar-refractivity contribution is 14.1. The van der Waals surface area contributed by atoms with Crippen LogP contribution in [0.3, 0.4) is 0 Å². The Bertz CT molecular complexity index is 594. The van der Waals surface area contributed by atoms with Crippen molar-refractivity contribution in [2.75, 3.05) is 0 Å². The van der Waals surface area contributed by atoms with Gasteiger partial charge in [0.1, 0.15) is 5.60 Å². The van der Waals surface area contributed by atoms with Gasteiger partial charge in [0.2, 0.25) is 0 Å².